The molecule has 2 aromatic rings. The number of ether oxygens (including phenoxy) is 2. The van der Waals surface area contributed by atoms with Crippen LogP contribution in [0.5, 0.6) is 11.5 Å². The van der Waals surface area contributed by atoms with Crippen LogP contribution in [0.25, 0.3) is 0 Å². The molecule has 7 nitrogen and oxygen atoms in total. The van der Waals surface area contributed by atoms with Gasteiger partial charge in [0.15, 0.2) is 11.5 Å². The molecule has 0 unspecified atom stereocenters. The van der Waals surface area contributed by atoms with Gasteiger partial charge in [-0.1, -0.05) is 37.6 Å². The second-order valence-electron chi connectivity index (χ2n) is 7.99. The zero-order chi connectivity index (χ0) is 24.0. The Morgan fingerprint density at radius 1 is 1.00 bits per heavy atom. The van der Waals surface area contributed by atoms with Crippen molar-refractivity contribution >= 4 is 34.8 Å². The molecule has 1 saturated heterocycles. The number of hydrogen-bond acceptors (Lipinski definition) is 5. The molecule has 0 atom stereocenters. The summed E-state index contributed by atoms with van der Waals surface area (Å²) in [6.45, 7) is 6.37. The largest absolute Gasteiger partial charge is 0.493 e. The zero-order valence-electron chi connectivity index (χ0n) is 19.7. The van der Waals surface area contributed by atoms with Crippen LogP contribution in [0.3, 0.4) is 0 Å². The Morgan fingerprint density at radius 2 is 1.61 bits per heavy atom. The number of halogens is 1. The van der Waals surface area contributed by atoms with E-state index >= 15 is 0 Å². The van der Waals surface area contributed by atoms with Gasteiger partial charge in [0.05, 0.1) is 36.2 Å². The van der Waals surface area contributed by atoms with Crippen molar-refractivity contribution in [3.8, 4) is 11.5 Å². The molecule has 1 aliphatic heterocycles. The third-order valence-corrected chi connectivity index (χ3v) is 6.45. The molecule has 1 N–H and O–H groups in total. The first-order chi connectivity index (χ1) is 15.9. The van der Waals surface area contributed by atoms with E-state index in [1.54, 1.807) is 17.0 Å². The normalized spacial score (nSPS) is 13.8. The number of nitrogens with zero attached hydrogens (tertiary/aromatic N) is 2. The number of nitrogens with one attached hydrogen (secondary N) is 1. The molecule has 3 rings (SSSR count). The van der Waals surface area contributed by atoms with Crippen LogP contribution in [0.4, 0.5) is 11.4 Å². The number of para-hydroxylation sites is 1. The monoisotopic (exact) mass is 473 g/mol. The predicted octanol–water partition coefficient (Wildman–Crippen LogP) is 4.69. The number of hydrogen-bond donors (Lipinski definition) is 1. The molecule has 2 amide bonds. The van der Waals surface area contributed by atoms with Crippen LogP contribution < -0.4 is 19.7 Å². The van der Waals surface area contributed by atoms with Crippen molar-refractivity contribution in [1.82, 2.24) is 4.90 Å². The summed E-state index contributed by atoms with van der Waals surface area (Å²) in [5.41, 5.74) is 1.79. The molecular weight excluding hydrogens is 442 g/mol. The van der Waals surface area contributed by atoms with Crippen LogP contribution >= 0.6 is 11.6 Å². The fourth-order valence-electron chi connectivity index (χ4n) is 4.08. The summed E-state index contributed by atoms with van der Waals surface area (Å²) in [5.74, 6) is 0.508. The van der Waals surface area contributed by atoms with Crippen LogP contribution in [-0.4, -0.2) is 57.1 Å². The zero-order valence-corrected chi connectivity index (χ0v) is 20.4. The minimum Gasteiger partial charge on any atom is -0.493 e. The van der Waals surface area contributed by atoms with Gasteiger partial charge in [-0.05, 0) is 31.0 Å². The van der Waals surface area contributed by atoms with Gasteiger partial charge in [-0.2, -0.15) is 0 Å². The first kappa shape index (κ1) is 24.7. The Hall–Kier alpha value is -2.93. The minimum atomic E-state index is -0.158. The Kier molecular flexibility index (Phi) is 8.44. The first-order valence-corrected chi connectivity index (χ1v) is 11.7. The molecular formula is C25H32ClN3O4. The van der Waals surface area contributed by atoms with Crippen molar-refractivity contribution in [1.29, 1.82) is 0 Å². The first-order valence-electron chi connectivity index (χ1n) is 11.3. The number of methoxy groups -OCH3 is 2. The van der Waals surface area contributed by atoms with Gasteiger partial charge in [-0.3, -0.25) is 9.59 Å². The Bertz CT molecular complexity index is 986. The lowest BCUT2D eigenvalue weighted by molar-refractivity contribution is -0.120. The number of benzene rings is 2. The Labute approximate surface area is 200 Å². The van der Waals surface area contributed by atoms with E-state index in [2.05, 4.69) is 10.2 Å². The van der Waals surface area contributed by atoms with Gasteiger partial charge in [0.1, 0.15) is 0 Å². The number of rotatable bonds is 8. The van der Waals surface area contributed by atoms with E-state index in [1.807, 2.05) is 38.1 Å². The molecule has 2 aromatic carbocycles. The summed E-state index contributed by atoms with van der Waals surface area (Å²) in [5, 5.41) is 3.65. The van der Waals surface area contributed by atoms with E-state index in [4.69, 9.17) is 21.1 Å². The highest BCUT2D eigenvalue weighted by molar-refractivity contribution is 6.33. The Morgan fingerprint density at radius 3 is 2.18 bits per heavy atom. The third-order valence-electron chi connectivity index (χ3n) is 6.13. The highest BCUT2D eigenvalue weighted by Crippen LogP contribution is 2.35. The van der Waals surface area contributed by atoms with Gasteiger partial charge in [0.2, 0.25) is 5.91 Å². The summed E-state index contributed by atoms with van der Waals surface area (Å²) in [6.07, 6.45) is 1.45. The smallest absolute Gasteiger partial charge is 0.256 e. The van der Waals surface area contributed by atoms with E-state index in [9.17, 15) is 9.59 Å². The van der Waals surface area contributed by atoms with Gasteiger partial charge < -0.3 is 24.6 Å². The number of piperazine rings is 1. The van der Waals surface area contributed by atoms with Crippen LogP contribution in [0.2, 0.25) is 5.02 Å². The maximum Gasteiger partial charge on any atom is 0.256 e. The maximum atomic E-state index is 13.5. The fourth-order valence-corrected chi connectivity index (χ4v) is 4.34. The van der Waals surface area contributed by atoms with Crippen LogP contribution in [0.1, 0.15) is 37.0 Å². The minimum absolute atomic E-state index is 0.107. The quantitative estimate of drug-likeness (QED) is 0.602. The summed E-state index contributed by atoms with van der Waals surface area (Å²) in [4.78, 5) is 30.3. The molecule has 33 heavy (non-hydrogen) atoms. The molecule has 0 bridgehead atoms. The second-order valence-corrected chi connectivity index (χ2v) is 8.39. The molecule has 0 spiro atoms. The molecule has 1 fully saturated rings. The van der Waals surface area contributed by atoms with Crippen molar-refractivity contribution in [3.05, 3.63) is 47.0 Å². The summed E-state index contributed by atoms with van der Waals surface area (Å²) < 4.78 is 10.8. The van der Waals surface area contributed by atoms with Crippen molar-refractivity contribution in [3.63, 3.8) is 0 Å². The predicted molar refractivity (Wildman–Crippen MR) is 132 cm³/mol. The van der Waals surface area contributed by atoms with E-state index in [0.717, 1.165) is 18.5 Å². The summed E-state index contributed by atoms with van der Waals surface area (Å²) >= 11 is 6.34. The number of anilines is 2. The molecule has 0 aromatic heterocycles. The maximum absolute atomic E-state index is 13.5. The van der Waals surface area contributed by atoms with Crippen molar-refractivity contribution in [2.75, 3.05) is 50.6 Å². The standard InChI is InChI=1S/C25H32ClN3O4/c1-5-17(6-2)24(30)27-20-16-23(33-4)22(32-3)15-18(20)25(31)29-13-11-28(12-14-29)21-10-8-7-9-19(21)26/h7-10,15-17H,5-6,11-14H2,1-4H3,(H,27,30). The lowest BCUT2D eigenvalue weighted by Gasteiger charge is -2.36. The van der Waals surface area contributed by atoms with Gasteiger partial charge in [-0.25, -0.2) is 0 Å². The third kappa shape index (κ3) is 5.53. The van der Waals surface area contributed by atoms with Gasteiger partial charge >= 0.3 is 0 Å². The van der Waals surface area contributed by atoms with Crippen molar-refractivity contribution in [2.45, 2.75) is 26.7 Å². The molecule has 0 saturated carbocycles. The fraction of sp³-hybridized carbons (Fsp3) is 0.440. The molecule has 0 aliphatic carbocycles. The van der Waals surface area contributed by atoms with E-state index in [0.29, 0.717) is 54.0 Å². The number of amides is 2. The van der Waals surface area contributed by atoms with E-state index in [-0.39, 0.29) is 17.7 Å². The van der Waals surface area contributed by atoms with Gasteiger partial charge in [0, 0.05) is 38.2 Å². The summed E-state index contributed by atoms with van der Waals surface area (Å²) in [6, 6.07) is 11.0. The molecule has 8 heteroatoms. The lowest BCUT2D eigenvalue weighted by atomic mass is 10.0. The van der Waals surface area contributed by atoms with Gasteiger partial charge in [0.25, 0.3) is 5.91 Å². The molecule has 178 valence electrons. The average molecular weight is 474 g/mol. The topological polar surface area (TPSA) is 71.1 Å². The lowest BCUT2D eigenvalue weighted by Crippen LogP contribution is -2.49. The molecule has 1 heterocycles. The molecule has 1 aliphatic rings. The second kappa shape index (κ2) is 11.3. The number of carbonyl (C=O) groups is 2. The summed E-state index contributed by atoms with van der Waals surface area (Å²) in [7, 11) is 3.05. The van der Waals surface area contributed by atoms with Crippen LogP contribution in [0.15, 0.2) is 36.4 Å². The van der Waals surface area contributed by atoms with Crippen molar-refractivity contribution < 1.29 is 19.1 Å². The van der Waals surface area contributed by atoms with E-state index < -0.39 is 0 Å². The highest BCUT2D eigenvalue weighted by Gasteiger charge is 2.27. The number of carbonyl (C=O) groups excluding carboxylic acids is 2. The van der Waals surface area contributed by atoms with Crippen LogP contribution in [-0.2, 0) is 4.79 Å². The van der Waals surface area contributed by atoms with E-state index in [1.165, 1.54) is 14.2 Å². The molecule has 0 radical (unpaired) electrons. The SMILES string of the molecule is CCC(CC)C(=O)Nc1cc(OC)c(OC)cc1C(=O)N1CCN(c2ccccc2Cl)CC1. The van der Waals surface area contributed by atoms with Crippen molar-refractivity contribution in [2.24, 2.45) is 5.92 Å². The Balaban J connectivity index is 1.84. The average Bonchev–Trinajstić information content (AvgIpc) is 2.84. The van der Waals surface area contributed by atoms with Crippen LogP contribution in [0, 0.1) is 5.92 Å². The highest BCUT2D eigenvalue weighted by atomic mass is 35.5. The van der Waals surface area contributed by atoms with Gasteiger partial charge in [-0.15, -0.1) is 0 Å².